The number of amides is 2. The number of aryl methyl sites for hydroxylation is 2. The van der Waals surface area contributed by atoms with E-state index in [1.807, 2.05) is 13.0 Å². The SMILES string of the molecule is CCC(Sc1nc2c(cc1C#N)CCCCC2)C(=O)Nc1ccc(C(N)=O)cc1. The van der Waals surface area contributed by atoms with Gasteiger partial charge in [0.05, 0.1) is 10.8 Å². The molecule has 7 heteroatoms. The predicted octanol–water partition coefficient (Wildman–Crippen LogP) is 3.83. The number of fused-ring (bicyclic) bond motifs is 1. The normalized spacial score (nSPS) is 14.2. The van der Waals surface area contributed by atoms with Crippen molar-refractivity contribution in [3.8, 4) is 6.07 Å². The maximum absolute atomic E-state index is 12.8. The lowest BCUT2D eigenvalue weighted by Crippen LogP contribution is -2.25. The van der Waals surface area contributed by atoms with Crippen LogP contribution in [0.3, 0.4) is 0 Å². The number of nitriles is 1. The van der Waals surface area contributed by atoms with Crippen LogP contribution < -0.4 is 11.1 Å². The average Bonchev–Trinajstić information content (AvgIpc) is 2.96. The number of hydrogen-bond acceptors (Lipinski definition) is 5. The molecule has 150 valence electrons. The van der Waals surface area contributed by atoms with Gasteiger partial charge in [-0.25, -0.2) is 4.98 Å². The van der Waals surface area contributed by atoms with Crippen molar-refractivity contribution in [2.75, 3.05) is 5.32 Å². The fourth-order valence-corrected chi connectivity index (χ4v) is 4.36. The minimum absolute atomic E-state index is 0.162. The van der Waals surface area contributed by atoms with Crippen LogP contribution in [0, 0.1) is 11.3 Å². The standard InChI is InChI=1S/C22H24N4O2S/c1-2-19(21(28)25-17-10-8-14(9-11-17)20(24)27)29-22-16(13-23)12-15-6-4-3-5-7-18(15)26-22/h8-12,19H,2-7H2,1H3,(H2,24,27)(H,25,28). The van der Waals surface area contributed by atoms with Gasteiger partial charge in [-0.15, -0.1) is 0 Å². The molecule has 2 aromatic rings. The highest BCUT2D eigenvalue weighted by Gasteiger charge is 2.22. The molecular weight excluding hydrogens is 384 g/mol. The minimum atomic E-state index is -0.511. The van der Waals surface area contributed by atoms with Crippen LogP contribution in [0.5, 0.6) is 0 Å². The second-order valence-corrected chi connectivity index (χ2v) is 8.26. The molecule has 1 aliphatic rings. The Labute approximate surface area is 174 Å². The molecule has 0 bridgehead atoms. The van der Waals surface area contributed by atoms with E-state index in [-0.39, 0.29) is 11.2 Å². The summed E-state index contributed by atoms with van der Waals surface area (Å²) in [6.45, 7) is 1.93. The molecule has 6 nitrogen and oxygen atoms in total. The molecule has 0 radical (unpaired) electrons. The monoisotopic (exact) mass is 408 g/mol. The summed E-state index contributed by atoms with van der Waals surface area (Å²) in [6.07, 6.45) is 5.88. The Kier molecular flexibility index (Phi) is 6.89. The molecule has 2 amide bonds. The molecule has 3 N–H and O–H groups in total. The van der Waals surface area contributed by atoms with Crippen LogP contribution in [0.1, 0.15) is 59.8 Å². The van der Waals surface area contributed by atoms with E-state index in [9.17, 15) is 14.9 Å². The molecule has 1 aromatic carbocycles. The van der Waals surface area contributed by atoms with Gasteiger partial charge in [-0.2, -0.15) is 5.26 Å². The second kappa shape index (κ2) is 9.57. The zero-order valence-electron chi connectivity index (χ0n) is 16.4. The van der Waals surface area contributed by atoms with E-state index < -0.39 is 5.91 Å². The van der Waals surface area contributed by atoms with Crippen LogP contribution in [-0.2, 0) is 17.6 Å². The first-order chi connectivity index (χ1) is 14.0. The molecule has 0 aliphatic heterocycles. The van der Waals surface area contributed by atoms with Gasteiger partial charge in [0.15, 0.2) is 0 Å². The van der Waals surface area contributed by atoms with Crippen LogP contribution in [-0.4, -0.2) is 22.0 Å². The van der Waals surface area contributed by atoms with Crippen molar-refractivity contribution >= 4 is 29.3 Å². The third-order valence-corrected chi connectivity index (χ3v) is 6.36. The van der Waals surface area contributed by atoms with E-state index in [4.69, 9.17) is 10.7 Å². The van der Waals surface area contributed by atoms with E-state index in [1.165, 1.54) is 18.2 Å². The third-order valence-electron chi connectivity index (χ3n) is 4.99. The van der Waals surface area contributed by atoms with Crippen LogP contribution in [0.2, 0.25) is 0 Å². The predicted molar refractivity (Wildman–Crippen MR) is 114 cm³/mol. The number of aromatic nitrogens is 1. The lowest BCUT2D eigenvalue weighted by atomic mass is 10.1. The van der Waals surface area contributed by atoms with Gasteiger partial charge in [-0.05, 0) is 68.0 Å². The molecule has 1 aliphatic carbocycles. The summed E-state index contributed by atoms with van der Waals surface area (Å²) >= 11 is 1.34. The summed E-state index contributed by atoms with van der Waals surface area (Å²) in [4.78, 5) is 28.7. The number of rotatable bonds is 6. The number of nitrogens with two attached hydrogens (primary N) is 1. The Bertz CT molecular complexity index is 951. The van der Waals surface area contributed by atoms with Gasteiger partial charge in [-0.3, -0.25) is 9.59 Å². The molecule has 1 heterocycles. The van der Waals surface area contributed by atoms with Gasteiger partial charge in [-0.1, -0.05) is 25.1 Å². The number of pyridine rings is 1. The van der Waals surface area contributed by atoms with Crippen LogP contribution in [0.15, 0.2) is 35.4 Å². The Balaban J connectivity index is 1.76. The van der Waals surface area contributed by atoms with Gasteiger partial charge in [0.1, 0.15) is 11.1 Å². The minimum Gasteiger partial charge on any atom is -0.366 e. The zero-order valence-corrected chi connectivity index (χ0v) is 17.2. The summed E-state index contributed by atoms with van der Waals surface area (Å²) in [5, 5.41) is 12.7. The largest absolute Gasteiger partial charge is 0.366 e. The summed E-state index contributed by atoms with van der Waals surface area (Å²) in [6, 6.07) is 10.6. The van der Waals surface area contributed by atoms with Gasteiger partial charge in [0, 0.05) is 16.9 Å². The molecule has 0 saturated carbocycles. The maximum Gasteiger partial charge on any atom is 0.248 e. The lowest BCUT2D eigenvalue weighted by Gasteiger charge is -2.16. The topological polar surface area (TPSA) is 109 Å². The molecule has 0 spiro atoms. The van der Waals surface area contributed by atoms with E-state index in [1.54, 1.807) is 24.3 Å². The number of primary amides is 1. The third kappa shape index (κ3) is 5.15. The van der Waals surface area contributed by atoms with Crippen molar-refractivity contribution in [1.29, 1.82) is 5.26 Å². The molecule has 0 fully saturated rings. The van der Waals surface area contributed by atoms with E-state index in [2.05, 4.69) is 11.4 Å². The highest BCUT2D eigenvalue weighted by Crippen LogP contribution is 2.31. The molecule has 1 atom stereocenters. The zero-order chi connectivity index (χ0) is 20.8. The Morgan fingerprint density at radius 3 is 2.62 bits per heavy atom. The van der Waals surface area contributed by atoms with Gasteiger partial charge in [0.2, 0.25) is 11.8 Å². The van der Waals surface area contributed by atoms with E-state index in [0.717, 1.165) is 36.9 Å². The molecule has 1 unspecified atom stereocenters. The van der Waals surface area contributed by atoms with E-state index in [0.29, 0.717) is 28.3 Å². The van der Waals surface area contributed by atoms with Crippen molar-refractivity contribution in [3.63, 3.8) is 0 Å². The Morgan fingerprint density at radius 1 is 1.24 bits per heavy atom. The summed E-state index contributed by atoms with van der Waals surface area (Å²) in [5.74, 6) is -0.673. The van der Waals surface area contributed by atoms with Crippen LogP contribution in [0.4, 0.5) is 5.69 Å². The number of carbonyl (C=O) groups excluding carboxylic acids is 2. The van der Waals surface area contributed by atoms with Crippen LogP contribution >= 0.6 is 11.8 Å². The number of benzene rings is 1. The lowest BCUT2D eigenvalue weighted by molar-refractivity contribution is -0.115. The quantitative estimate of drug-likeness (QED) is 0.558. The molecule has 0 saturated heterocycles. The summed E-state index contributed by atoms with van der Waals surface area (Å²) in [7, 11) is 0. The Morgan fingerprint density at radius 2 is 1.97 bits per heavy atom. The smallest absolute Gasteiger partial charge is 0.248 e. The van der Waals surface area contributed by atoms with E-state index >= 15 is 0 Å². The summed E-state index contributed by atoms with van der Waals surface area (Å²) in [5.41, 5.74) is 8.98. The number of anilines is 1. The van der Waals surface area contributed by atoms with Crippen molar-refractivity contribution in [2.24, 2.45) is 5.73 Å². The first-order valence-corrected chi connectivity index (χ1v) is 10.7. The number of carbonyl (C=O) groups is 2. The first-order valence-electron chi connectivity index (χ1n) is 9.82. The number of nitrogens with zero attached hydrogens (tertiary/aromatic N) is 2. The molecule has 1 aromatic heterocycles. The average molecular weight is 409 g/mol. The maximum atomic E-state index is 12.8. The molecule has 29 heavy (non-hydrogen) atoms. The second-order valence-electron chi connectivity index (χ2n) is 7.06. The number of nitrogens with one attached hydrogen (secondary N) is 1. The molecule has 3 rings (SSSR count). The highest BCUT2D eigenvalue weighted by molar-refractivity contribution is 8.00. The first kappa shape index (κ1) is 20.9. The van der Waals surface area contributed by atoms with Crippen molar-refractivity contribution in [2.45, 2.75) is 55.7 Å². The molecular formula is C22H24N4O2S. The number of hydrogen-bond donors (Lipinski definition) is 2. The Hall–Kier alpha value is -2.85. The van der Waals surface area contributed by atoms with Crippen molar-refractivity contribution in [1.82, 2.24) is 4.98 Å². The van der Waals surface area contributed by atoms with Gasteiger partial charge in [0.25, 0.3) is 0 Å². The fraction of sp³-hybridized carbons (Fsp3) is 0.364. The number of thioether (sulfide) groups is 1. The fourth-order valence-electron chi connectivity index (χ4n) is 3.36. The van der Waals surface area contributed by atoms with Crippen LogP contribution in [0.25, 0.3) is 0 Å². The van der Waals surface area contributed by atoms with Crippen molar-refractivity contribution in [3.05, 3.63) is 52.7 Å². The van der Waals surface area contributed by atoms with Gasteiger partial charge < -0.3 is 11.1 Å². The van der Waals surface area contributed by atoms with Gasteiger partial charge >= 0.3 is 0 Å². The highest BCUT2D eigenvalue weighted by atomic mass is 32.2. The van der Waals surface area contributed by atoms with Crippen molar-refractivity contribution < 1.29 is 9.59 Å². The summed E-state index contributed by atoms with van der Waals surface area (Å²) < 4.78 is 0.